The Balaban J connectivity index is 2.54. The van der Waals surface area contributed by atoms with E-state index < -0.39 is 0 Å². The second-order valence-electron chi connectivity index (χ2n) is 3.65. The molecule has 0 spiro atoms. The predicted octanol–water partition coefficient (Wildman–Crippen LogP) is 1.02. The Labute approximate surface area is 96.1 Å². The Bertz CT molecular complexity index is 382. The average Bonchev–Trinajstić information content (AvgIpc) is 2.28. The number of likely N-dealkylation sites (N-methyl/N-ethyl adjacent to an activating group) is 1. The second kappa shape index (κ2) is 6.03. The zero-order chi connectivity index (χ0) is 12.0. The van der Waals surface area contributed by atoms with Crippen LogP contribution in [0.25, 0.3) is 0 Å². The number of rotatable bonds is 5. The van der Waals surface area contributed by atoms with Crippen LogP contribution in [0.15, 0.2) is 6.07 Å². The first-order valence-electron chi connectivity index (χ1n) is 5.34. The molecule has 0 amide bonds. The Hall–Kier alpha value is -1.67. The summed E-state index contributed by atoms with van der Waals surface area (Å²) in [6.45, 7) is 6.68. The maximum Gasteiger partial charge on any atom is 0.224 e. The Morgan fingerprint density at radius 1 is 1.50 bits per heavy atom. The minimum atomic E-state index is 0.402. The lowest BCUT2D eigenvalue weighted by Crippen LogP contribution is -2.25. The molecule has 0 unspecified atom stereocenters. The van der Waals surface area contributed by atoms with Gasteiger partial charge in [0.1, 0.15) is 11.8 Å². The summed E-state index contributed by atoms with van der Waals surface area (Å²) in [5.41, 5.74) is 1.21. The zero-order valence-electron chi connectivity index (χ0n) is 9.99. The maximum absolute atomic E-state index is 8.76. The summed E-state index contributed by atoms with van der Waals surface area (Å²) in [4.78, 5) is 10.5. The van der Waals surface area contributed by atoms with E-state index in [1.54, 1.807) is 6.07 Å². The fraction of sp³-hybridized carbons (Fsp3) is 0.545. The van der Waals surface area contributed by atoms with Crippen LogP contribution in [0.4, 0.5) is 5.95 Å². The third-order valence-electron chi connectivity index (χ3n) is 2.29. The maximum atomic E-state index is 8.76. The molecule has 5 heteroatoms. The number of hydrogen-bond donors (Lipinski definition) is 1. The van der Waals surface area contributed by atoms with E-state index in [1.807, 2.05) is 13.0 Å². The molecule has 1 aromatic rings. The molecule has 5 nitrogen and oxygen atoms in total. The minimum Gasteiger partial charge on any atom is -0.353 e. The van der Waals surface area contributed by atoms with Crippen molar-refractivity contribution in [1.29, 1.82) is 5.26 Å². The Morgan fingerprint density at radius 3 is 2.88 bits per heavy atom. The lowest BCUT2D eigenvalue weighted by molar-refractivity contribution is 0.367. The van der Waals surface area contributed by atoms with Gasteiger partial charge in [0.25, 0.3) is 0 Å². The average molecular weight is 219 g/mol. The van der Waals surface area contributed by atoms with Gasteiger partial charge in [-0.3, -0.25) is 0 Å². The van der Waals surface area contributed by atoms with Crippen LogP contribution < -0.4 is 5.32 Å². The lowest BCUT2D eigenvalue weighted by Gasteiger charge is -2.13. The first-order valence-corrected chi connectivity index (χ1v) is 5.34. The molecule has 0 bridgehead atoms. The summed E-state index contributed by atoms with van der Waals surface area (Å²) in [5, 5.41) is 11.9. The van der Waals surface area contributed by atoms with E-state index in [0.717, 1.165) is 25.3 Å². The summed E-state index contributed by atoms with van der Waals surface area (Å²) < 4.78 is 0. The van der Waals surface area contributed by atoms with Crippen LogP contribution >= 0.6 is 0 Å². The van der Waals surface area contributed by atoms with Crippen molar-refractivity contribution in [3.8, 4) is 6.07 Å². The SMILES string of the molecule is CCN(C)CCNc1nc(C)cc(C#N)n1. The number of nitrogens with one attached hydrogen (secondary N) is 1. The Morgan fingerprint density at radius 2 is 2.25 bits per heavy atom. The summed E-state index contributed by atoms with van der Waals surface area (Å²) in [6, 6.07) is 3.69. The molecule has 0 aliphatic rings. The summed E-state index contributed by atoms with van der Waals surface area (Å²) in [6.07, 6.45) is 0. The summed E-state index contributed by atoms with van der Waals surface area (Å²) in [5.74, 6) is 0.529. The third-order valence-corrected chi connectivity index (χ3v) is 2.29. The van der Waals surface area contributed by atoms with Gasteiger partial charge in [-0.25, -0.2) is 9.97 Å². The molecule has 0 radical (unpaired) electrons. The fourth-order valence-electron chi connectivity index (χ4n) is 1.22. The van der Waals surface area contributed by atoms with Crippen molar-refractivity contribution in [2.24, 2.45) is 0 Å². The first kappa shape index (κ1) is 12.4. The van der Waals surface area contributed by atoms with Gasteiger partial charge in [0, 0.05) is 18.8 Å². The normalized spacial score (nSPS) is 10.2. The molecule has 0 aromatic carbocycles. The van der Waals surface area contributed by atoms with Crippen LogP contribution in [-0.2, 0) is 0 Å². The quantitative estimate of drug-likeness (QED) is 0.801. The van der Waals surface area contributed by atoms with Gasteiger partial charge < -0.3 is 10.2 Å². The van der Waals surface area contributed by atoms with Gasteiger partial charge in [0.15, 0.2) is 0 Å². The van der Waals surface area contributed by atoms with E-state index in [2.05, 4.69) is 34.2 Å². The topological polar surface area (TPSA) is 64.8 Å². The van der Waals surface area contributed by atoms with Gasteiger partial charge in [0.05, 0.1) is 0 Å². The molecular weight excluding hydrogens is 202 g/mol. The first-order chi connectivity index (χ1) is 7.65. The smallest absolute Gasteiger partial charge is 0.224 e. The van der Waals surface area contributed by atoms with E-state index in [4.69, 9.17) is 5.26 Å². The molecule has 1 aromatic heterocycles. The van der Waals surface area contributed by atoms with Crippen molar-refractivity contribution < 1.29 is 0 Å². The zero-order valence-corrected chi connectivity index (χ0v) is 9.99. The molecule has 0 aliphatic heterocycles. The number of aromatic nitrogens is 2. The molecule has 0 saturated carbocycles. The van der Waals surface area contributed by atoms with Gasteiger partial charge in [-0.2, -0.15) is 5.26 Å². The van der Waals surface area contributed by atoms with Gasteiger partial charge >= 0.3 is 0 Å². The van der Waals surface area contributed by atoms with E-state index in [1.165, 1.54) is 0 Å². The molecule has 0 fully saturated rings. The number of hydrogen-bond acceptors (Lipinski definition) is 5. The molecule has 0 aliphatic carbocycles. The molecule has 0 saturated heterocycles. The highest BCUT2D eigenvalue weighted by molar-refractivity contribution is 5.32. The fourth-order valence-corrected chi connectivity index (χ4v) is 1.22. The van der Waals surface area contributed by atoms with Crippen LogP contribution in [0, 0.1) is 18.3 Å². The van der Waals surface area contributed by atoms with E-state index in [9.17, 15) is 0 Å². The standard InChI is InChI=1S/C11H17N5/c1-4-16(3)6-5-13-11-14-9(2)7-10(8-12)15-11/h7H,4-6H2,1-3H3,(H,13,14,15). The van der Waals surface area contributed by atoms with Crippen LogP contribution in [0.1, 0.15) is 18.3 Å². The molecule has 86 valence electrons. The number of aryl methyl sites for hydroxylation is 1. The molecule has 1 heterocycles. The van der Waals surface area contributed by atoms with Gasteiger partial charge in [0.2, 0.25) is 5.95 Å². The molecule has 16 heavy (non-hydrogen) atoms. The highest BCUT2D eigenvalue weighted by Gasteiger charge is 2.01. The van der Waals surface area contributed by atoms with Crippen LogP contribution in [0.2, 0.25) is 0 Å². The van der Waals surface area contributed by atoms with Crippen LogP contribution in [0.3, 0.4) is 0 Å². The third kappa shape index (κ3) is 3.83. The monoisotopic (exact) mass is 219 g/mol. The Kier molecular flexibility index (Phi) is 4.67. The van der Waals surface area contributed by atoms with Crippen molar-refractivity contribution in [1.82, 2.24) is 14.9 Å². The highest BCUT2D eigenvalue weighted by atomic mass is 15.1. The number of nitriles is 1. The van der Waals surface area contributed by atoms with E-state index in [0.29, 0.717) is 11.6 Å². The van der Waals surface area contributed by atoms with Crippen molar-refractivity contribution >= 4 is 5.95 Å². The van der Waals surface area contributed by atoms with E-state index >= 15 is 0 Å². The summed E-state index contributed by atoms with van der Waals surface area (Å²) >= 11 is 0. The molecule has 1 N–H and O–H groups in total. The molecule has 0 atom stereocenters. The number of anilines is 1. The van der Waals surface area contributed by atoms with Gasteiger partial charge in [-0.1, -0.05) is 6.92 Å². The van der Waals surface area contributed by atoms with Crippen LogP contribution in [-0.4, -0.2) is 41.5 Å². The van der Waals surface area contributed by atoms with Gasteiger partial charge in [-0.05, 0) is 26.6 Å². The highest BCUT2D eigenvalue weighted by Crippen LogP contribution is 2.03. The summed E-state index contributed by atoms with van der Waals surface area (Å²) in [7, 11) is 2.06. The largest absolute Gasteiger partial charge is 0.353 e. The lowest BCUT2D eigenvalue weighted by atomic mass is 10.3. The number of nitrogens with zero attached hydrogens (tertiary/aromatic N) is 4. The molecule has 1 rings (SSSR count). The van der Waals surface area contributed by atoms with Crippen molar-refractivity contribution in [2.75, 3.05) is 32.0 Å². The molecular formula is C11H17N5. The van der Waals surface area contributed by atoms with Gasteiger partial charge in [-0.15, -0.1) is 0 Å². The van der Waals surface area contributed by atoms with Crippen molar-refractivity contribution in [3.63, 3.8) is 0 Å². The second-order valence-corrected chi connectivity index (χ2v) is 3.65. The minimum absolute atomic E-state index is 0.402. The van der Waals surface area contributed by atoms with Crippen molar-refractivity contribution in [3.05, 3.63) is 17.5 Å². The van der Waals surface area contributed by atoms with Crippen molar-refractivity contribution in [2.45, 2.75) is 13.8 Å². The van der Waals surface area contributed by atoms with Crippen LogP contribution in [0.5, 0.6) is 0 Å². The predicted molar refractivity (Wildman–Crippen MR) is 63.1 cm³/mol. The van der Waals surface area contributed by atoms with E-state index in [-0.39, 0.29) is 0 Å².